The molecule has 174 valence electrons. The summed E-state index contributed by atoms with van der Waals surface area (Å²) >= 11 is 0. The van der Waals surface area contributed by atoms with Crippen LogP contribution < -0.4 is 14.4 Å². The van der Waals surface area contributed by atoms with Crippen molar-refractivity contribution in [1.29, 1.82) is 0 Å². The maximum Gasteiger partial charge on any atom is 0.227 e. The number of benzene rings is 3. The molecule has 2 atom stereocenters. The summed E-state index contributed by atoms with van der Waals surface area (Å²) < 4.78 is 13.0. The van der Waals surface area contributed by atoms with Crippen LogP contribution in [0.3, 0.4) is 0 Å². The van der Waals surface area contributed by atoms with E-state index < -0.39 is 6.10 Å². The van der Waals surface area contributed by atoms with Crippen molar-refractivity contribution in [3.05, 3.63) is 84.7 Å². The van der Waals surface area contributed by atoms with E-state index in [4.69, 9.17) is 14.5 Å². The van der Waals surface area contributed by atoms with Crippen LogP contribution in [0.2, 0.25) is 0 Å². The number of aliphatic hydroxyl groups is 1. The Morgan fingerprint density at radius 1 is 1.00 bits per heavy atom. The average Bonchev–Trinajstić information content (AvgIpc) is 3.44. The van der Waals surface area contributed by atoms with Gasteiger partial charge < -0.3 is 24.0 Å². The molecule has 1 amide bonds. The Hall–Kier alpha value is -3.84. The van der Waals surface area contributed by atoms with Gasteiger partial charge in [-0.05, 0) is 48.5 Å². The van der Waals surface area contributed by atoms with Crippen molar-refractivity contribution in [1.82, 2.24) is 9.55 Å². The van der Waals surface area contributed by atoms with Crippen LogP contribution in [0.1, 0.15) is 18.2 Å². The average molecular weight is 458 g/mol. The van der Waals surface area contributed by atoms with Crippen molar-refractivity contribution in [3.8, 4) is 11.5 Å². The number of hydrogen-bond acceptors (Lipinski definition) is 5. The fourth-order valence-corrected chi connectivity index (χ4v) is 4.46. The zero-order chi connectivity index (χ0) is 23.5. The molecule has 1 aliphatic rings. The van der Waals surface area contributed by atoms with E-state index in [-0.39, 0.29) is 18.4 Å². The van der Waals surface area contributed by atoms with Crippen molar-refractivity contribution in [3.63, 3.8) is 0 Å². The van der Waals surface area contributed by atoms with Crippen molar-refractivity contribution in [2.45, 2.75) is 25.0 Å². The largest absolute Gasteiger partial charge is 0.497 e. The monoisotopic (exact) mass is 457 g/mol. The minimum Gasteiger partial charge on any atom is -0.497 e. The SMILES string of the molecule is COc1ccc(N2C[C@H](c3nc4ccccc4n3C[C@@H](O)COc3ccccc3)CC2=O)cc1. The molecule has 0 radical (unpaired) electrons. The van der Waals surface area contributed by atoms with Crippen LogP contribution in [0.4, 0.5) is 5.69 Å². The number of imidazole rings is 1. The van der Waals surface area contributed by atoms with Gasteiger partial charge in [0.1, 0.15) is 30.0 Å². The summed E-state index contributed by atoms with van der Waals surface area (Å²) in [5.41, 5.74) is 2.63. The molecular formula is C27H27N3O4. The standard InChI is InChI=1S/C27H27N3O4/c1-33-22-13-11-20(12-14-22)29-16-19(15-26(29)32)27-28-24-9-5-6-10-25(24)30(27)17-21(31)18-34-23-7-3-2-4-8-23/h2-14,19,21,31H,15-18H2,1H3/t19-,21-/m1/s1. The number of hydrogen-bond donors (Lipinski definition) is 1. The molecule has 1 fully saturated rings. The molecule has 0 aliphatic carbocycles. The van der Waals surface area contributed by atoms with Gasteiger partial charge in [-0.3, -0.25) is 4.79 Å². The molecule has 7 nitrogen and oxygen atoms in total. The molecule has 1 aliphatic heterocycles. The third kappa shape index (κ3) is 4.47. The molecule has 0 bridgehead atoms. The quantitative estimate of drug-likeness (QED) is 0.433. The van der Waals surface area contributed by atoms with Crippen LogP contribution in [0, 0.1) is 0 Å². The molecular weight excluding hydrogens is 430 g/mol. The summed E-state index contributed by atoms with van der Waals surface area (Å²) in [6, 6.07) is 24.8. The Labute approximate surface area is 198 Å². The van der Waals surface area contributed by atoms with E-state index in [1.165, 1.54) is 0 Å². The molecule has 0 spiro atoms. The Bertz CT molecular complexity index is 1270. The molecule has 4 aromatic rings. The van der Waals surface area contributed by atoms with Gasteiger partial charge in [0.15, 0.2) is 0 Å². The van der Waals surface area contributed by atoms with E-state index in [1.54, 1.807) is 12.0 Å². The third-order valence-corrected chi connectivity index (χ3v) is 6.14. The molecule has 0 saturated carbocycles. The number of carbonyl (C=O) groups excluding carboxylic acids is 1. The van der Waals surface area contributed by atoms with Gasteiger partial charge in [0.25, 0.3) is 0 Å². The van der Waals surface area contributed by atoms with Gasteiger partial charge in [0, 0.05) is 24.6 Å². The summed E-state index contributed by atoms with van der Waals surface area (Å²) in [6.45, 7) is 1.03. The first-order valence-corrected chi connectivity index (χ1v) is 11.4. The zero-order valence-electron chi connectivity index (χ0n) is 19.0. The van der Waals surface area contributed by atoms with Crippen molar-refractivity contribution < 1.29 is 19.4 Å². The number of ether oxygens (including phenoxy) is 2. The number of carbonyl (C=O) groups is 1. The predicted octanol–water partition coefficient (Wildman–Crippen LogP) is 4.01. The first kappa shape index (κ1) is 22.0. The number of rotatable bonds is 8. The number of para-hydroxylation sites is 3. The highest BCUT2D eigenvalue weighted by atomic mass is 16.5. The topological polar surface area (TPSA) is 76.8 Å². The number of amides is 1. The van der Waals surface area contributed by atoms with Crippen LogP contribution in [0.15, 0.2) is 78.9 Å². The van der Waals surface area contributed by atoms with Gasteiger partial charge in [-0.25, -0.2) is 4.98 Å². The van der Waals surface area contributed by atoms with E-state index in [9.17, 15) is 9.90 Å². The van der Waals surface area contributed by atoms with Gasteiger partial charge in [0.05, 0.1) is 24.7 Å². The second kappa shape index (κ2) is 9.57. The molecule has 5 rings (SSSR count). The Balaban J connectivity index is 1.37. The van der Waals surface area contributed by atoms with Crippen LogP contribution in [-0.2, 0) is 11.3 Å². The van der Waals surface area contributed by atoms with Crippen LogP contribution in [0.5, 0.6) is 11.5 Å². The minimum absolute atomic E-state index is 0.0572. The number of anilines is 1. The van der Waals surface area contributed by atoms with Crippen LogP contribution in [0.25, 0.3) is 11.0 Å². The third-order valence-electron chi connectivity index (χ3n) is 6.14. The number of aromatic nitrogens is 2. The molecule has 3 aromatic carbocycles. The number of fused-ring (bicyclic) bond motifs is 1. The van der Waals surface area contributed by atoms with Crippen molar-refractivity contribution >= 4 is 22.6 Å². The van der Waals surface area contributed by atoms with E-state index >= 15 is 0 Å². The van der Waals surface area contributed by atoms with Crippen molar-refractivity contribution in [2.75, 3.05) is 25.2 Å². The Morgan fingerprint density at radius 3 is 2.50 bits per heavy atom. The number of aliphatic hydroxyl groups excluding tert-OH is 1. The summed E-state index contributed by atoms with van der Waals surface area (Å²) in [4.78, 5) is 19.6. The highest BCUT2D eigenvalue weighted by Crippen LogP contribution is 2.34. The van der Waals surface area contributed by atoms with E-state index in [1.807, 2.05) is 83.4 Å². The smallest absolute Gasteiger partial charge is 0.227 e. The normalized spacial score (nSPS) is 16.7. The first-order valence-electron chi connectivity index (χ1n) is 11.4. The van der Waals surface area contributed by atoms with E-state index in [2.05, 4.69) is 0 Å². The summed E-state index contributed by atoms with van der Waals surface area (Å²) in [6.07, 6.45) is -0.363. The summed E-state index contributed by atoms with van der Waals surface area (Å²) in [5.74, 6) is 2.25. The van der Waals surface area contributed by atoms with E-state index in [0.29, 0.717) is 25.3 Å². The number of nitrogens with zero attached hydrogens (tertiary/aromatic N) is 3. The van der Waals surface area contributed by atoms with E-state index in [0.717, 1.165) is 28.3 Å². The number of methoxy groups -OCH3 is 1. The summed E-state index contributed by atoms with van der Waals surface area (Å²) in [7, 11) is 1.62. The van der Waals surface area contributed by atoms with Gasteiger partial charge >= 0.3 is 0 Å². The Morgan fingerprint density at radius 2 is 1.74 bits per heavy atom. The molecule has 1 aromatic heterocycles. The molecule has 1 saturated heterocycles. The second-order valence-electron chi connectivity index (χ2n) is 8.45. The maximum atomic E-state index is 12.9. The van der Waals surface area contributed by atoms with Gasteiger partial charge in [-0.1, -0.05) is 30.3 Å². The van der Waals surface area contributed by atoms with Gasteiger partial charge in [0.2, 0.25) is 5.91 Å². The lowest BCUT2D eigenvalue weighted by atomic mass is 10.1. The van der Waals surface area contributed by atoms with Crippen LogP contribution in [-0.4, -0.2) is 46.9 Å². The highest BCUT2D eigenvalue weighted by Gasteiger charge is 2.35. The van der Waals surface area contributed by atoms with Crippen molar-refractivity contribution in [2.24, 2.45) is 0 Å². The molecule has 1 N–H and O–H groups in total. The fourth-order valence-electron chi connectivity index (χ4n) is 4.46. The first-order chi connectivity index (χ1) is 16.6. The molecule has 0 unspecified atom stereocenters. The molecule has 34 heavy (non-hydrogen) atoms. The predicted molar refractivity (Wildman–Crippen MR) is 130 cm³/mol. The zero-order valence-corrected chi connectivity index (χ0v) is 19.0. The lowest BCUT2D eigenvalue weighted by molar-refractivity contribution is -0.117. The minimum atomic E-state index is -0.730. The van der Waals surface area contributed by atoms with Gasteiger partial charge in [-0.15, -0.1) is 0 Å². The maximum absolute atomic E-state index is 12.9. The highest BCUT2D eigenvalue weighted by molar-refractivity contribution is 5.96. The summed E-state index contributed by atoms with van der Waals surface area (Å²) in [5, 5.41) is 10.8. The lowest BCUT2D eigenvalue weighted by Crippen LogP contribution is -2.26. The van der Waals surface area contributed by atoms with Crippen LogP contribution >= 0.6 is 0 Å². The molecule has 7 heteroatoms. The second-order valence-corrected chi connectivity index (χ2v) is 8.45. The van der Waals surface area contributed by atoms with Gasteiger partial charge in [-0.2, -0.15) is 0 Å². The lowest BCUT2D eigenvalue weighted by Gasteiger charge is -2.19. The molecule has 2 heterocycles. The Kier molecular flexibility index (Phi) is 6.18. The fraction of sp³-hybridized carbons (Fsp3) is 0.259.